The Labute approximate surface area is 233 Å². The Morgan fingerprint density at radius 3 is 2.84 bits per heavy atom. The van der Waals surface area contributed by atoms with E-state index in [1.165, 1.54) is 0 Å². The third kappa shape index (κ3) is 5.58. The van der Waals surface area contributed by atoms with Gasteiger partial charge in [-0.2, -0.15) is 5.26 Å². The maximum atomic E-state index is 13.4. The van der Waals surface area contributed by atoms with Gasteiger partial charge in [-0.1, -0.05) is 41.4 Å². The van der Waals surface area contributed by atoms with Crippen molar-refractivity contribution in [3.8, 4) is 6.07 Å². The van der Waals surface area contributed by atoms with Gasteiger partial charge in [0.2, 0.25) is 0 Å². The molecule has 0 spiro atoms. The summed E-state index contributed by atoms with van der Waals surface area (Å²) in [5, 5.41) is 14.5. The molecule has 2 aromatic carbocycles. The van der Waals surface area contributed by atoms with Crippen LogP contribution in [0, 0.1) is 11.3 Å². The average Bonchev–Trinajstić information content (AvgIpc) is 3.22. The molecule has 3 heterocycles. The Hall–Kier alpha value is -3.15. The van der Waals surface area contributed by atoms with Crippen LogP contribution in [0.2, 0.25) is 10.2 Å². The number of aromatic nitrogens is 2. The lowest BCUT2D eigenvalue weighted by Gasteiger charge is -2.27. The molecule has 1 aliphatic heterocycles. The van der Waals surface area contributed by atoms with Crippen molar-refractivity contribution in [2.75, 3.05) is 13.1 Å². The second kappa shape index (κ2) is 11.1. The van der Waals surface area contributed by atoms with Crippen LogP contribution in [0.3, 0.4) is 0 Å². The number of carbonyl (C=O) groups excluding carboxylic acids is 1. The highest BCUT2D eigenvalue weighted by molar-refractivity contribution is 9.10. The fraction of sp³-hybridized carbons (Fsp3) is 0.179. The number of hydrogen-bond donors (Lipinski definition) is 1. The molecule has 0 saturated carbocycles. The van der Waals surface area contributed by atoms with Crippen LogP contribution in [0.5, 0.6) is 0 Å². The summed E-state index contributed by atoms with van der Waals surface area (Å²) in [5.41, 5.74) is 5.38. The highest BCUT2D eigenvalue weighted by atomic mass is 79.9. The zero-order valence-corrected chi connectivity index (χ0v) is 22.8. The van der Waals surface area contributed by atoms with Gasteiger partial charge in [0.15, 0.2) is 0 Å². The molecular weight excluding hydrogens is 573 g/mol. The number of halogens is 3. The van der Waals surface area contributed by atoms with Crippen LogP contribution in [0.1, 0.15) is 27.9 Å². The van der Waals surface area contributed by atoms with Gasteiger partial charge in [0.1, 0.15) is 5.15 Å². The monoisotopic (exact) mass is 593 g/mol. The van der Waals surface area contributed by atoms with Gasteiger partial charge in [-0.25, -0.2) is 9.78 Å². The first-order valence-electron chi connectivity index (χ1n) is 11.7. The first-order chi connectivity index (χ1) is 17.9. The van der Waals surface area contributed by atoms with Crippen molar-refractivity contribution < 1.29 is 4.79 Å². The lowest BCUT2D eigenvalue weighted by Crippen LogP contribution is -2.34. The van der Waals surface area contributed by atoms with Crippen molar-refractivity contribution in [1.82, 2.24) is 19.8 Å². The Bertz CT molecular complexity index is 1570. The molecule has 186 valence electrons. The van der Waals surface area contributed by atoms with Crippen LogP contribution >= 0.6 is 39.1 Å². The molecule has 37 heavy (non-hydrogen) atoms. The van der Waals surface area contributed by atoms with Gasteiger partial charge in [-0.15, -0.1) is 0 Å². The highest BCUT2D eigenvalue weighted by Crippen LogP contribution is 2.32. The number of rotatable bonds is 5. The number of hydrogen-bond acceptors (Lipinski definition) is 4. The maximum absolute atomic E-state index is 13.4. The third-order valence-corrected chi connectivity index (χ3v) is 7.83. The fourth-order valence-corrected chi connectivity index (χ4v) is 5.35. The molecule has 0 atom stereocenters. The summed E-state index contributed by atoms with van der Waals surface area (Å²) in [6.45, 7) is 2.61. The van der Waals surface area contributed by atoms with E-state index in [1.807, 2.05) is 36.4 Å². The lowest BCUT2D eigenvalue weighted by molar-refractivity contribution is 0.240. The summed E-state index contributed by atoms with van der Waals surface area (Å²) in [7, 11) is 0. The Morgan fingerprint density at radius 2 is 2.05 bits per heavy atom. The van der Waals surface area contributed by atoms with E-state index in [4.69, 9.17) is 23.2 Å². The van der Waals surface area contributed by atoms with Crippen molar-refractivity contribution in [3.05, 3.63) is 103 Å². The Morgan fingerprint density at radius 1 is 1.19 bits per heavy atom. The molecule has 5 rings (SSSR count). The van der Waals surface area contributed by atoms with Crippen molar-refractivity contribution >= 4 is 62.1 Å². The van der Waals surface area contributed by atoms with Gasteiger partial charge in [-0.3, -0.25) is 9.47 Å². The van der Waals surface area contributed by atoms with Gasteiger partial charge in [0.25, 0.3) is 0 Å². The maximum Gasteiger partial charge on any atom is 0.326 e. The topological polar surface area (TPSA) is 74.0 Å². The molecule has 4 aromatic rings. The number of nitrogens with one attached hydrogen (secondary N) is 1. The number of carbonyl (C=O) groups is 1. The molecule has 0 saturated heterocycles. The molecule has 0 aliphatic carbocycles. The van der Waals surface area contributed by atoms with Gasteiger partial charge in [0, 0.05) is 54.3 Å². The van der Waals surface area contributed by atoms with E-state index in [9.17, 15) is 10.1 Å². The summed E-state index contributed by atoms with van der Waals surface area (Å²) < 4.78 is 2.62. The van der Waals surface area contributed by atoms with E-state index >= 15 is 0 Å². The van der Waals surface area contributed by atoms with Crippen molar-refractivity contribution in [3.63, 3.8) is 0 Å². The summed E-state index contributed by atoms with van der Waals surface area (Å²) in [6.07, 6.45) is 6.55. The van der Waals surface area contributed by atoms with Crippen LogP contribution in [-0.4, -0.2) is 33.6 Å². The number of fused-ring (bicyclic) bond motifs is 3. The first-order valence-corrected chi connectivity index (χ1v) is 13.3. The predicted molar refractivity (Wildman–Crippen MR) is 151 cm³/mol. The van der Waals surface area contributed by atoms with E-state index < -0.39 is 0 Å². The van der Waals surface area contributed by atoms with Gasteiger partial charge < -0.3 is 5.32 Å². The number of amides is 1. The number of benzene rings is 2. The molecule has 9 heteroatoms. The third-order valence-electron chi connectivity index (χ3n) is 6.41. The van der Waals surface area contributed by atoms with Crippen molar-refractivity contribution in [1.29, 1.82) is 5.26 Å². The minimum atomic E-state index is -0.203. The summed E-state index contributed by atoms with van der Waals surface area (Å²) in [5.74, 6) is 0. The zero-order chi connectivity index (χ0) is 25.9. The highest BCUT2D eigenvalue weighted by Gasteiger charge is 2.26. The standard InChI is InChI=1S/C28H22BrCl2N5O/c29-23-13-18(3-5-24(23)30)2-1-10-35-11-8-26-22(17-35)21-12-19(15-32)4-6-25(21)36(26)28(37)34-16-20-7-9-33-27(31)14-20/h1-7,9,12-14H,8,10-11,16-17H2,(H,34,37)/b2-1+. The smallest absolute Gasteiger partial charge is 0.326 e. The van der Waals surface area contributed by atoms with Crippen molar-refractivity contribution in [2.24, 2.45) is 0 Å². The fourth-order valence-electron chi connectivity index (χ4n) is 4.63. The molecule has 2 aromatic heterocycles. The van der Waals surface area contributed by atoms with Crippen LogP contribution in [-0.2, 0) is 19.5 Å². The van der Waals surface area contributed by atoms with Gasteiger partial charge in [0.05, 0.1) is 22.2 Å². The molecule has 1 aliphatic rings. The van der Waals surface area contributed by atoms with E-state index in [1.54, 1.807) is 22.9 Å². The minimum absolute atomic E-state index is 0.203. The second-order valence-electron chi connectivity index (χ2n) is 8.81. The quantitative estimate of drug-likeness (QED) is 0.258. The normalized spacial score (nSPS) is 13.6. The van der Waals surface area contributed by atoms with E-state index in [0.717, 1.165) is 57.3 Å². The second-order valence-corrected chi connectivity index (χ2v) is 10.5. The molecule has 1 N–H and O–H groups in total. The van der Waals surface area contributed by atoms with Crippen LogP contribution in [0.4, 0.5) is 4.79 Å². The van der Waals surface area contributed by atoms with E-state index in [0.29, 0.717) is 28.8 Å². The first kappa shape index (κ1) is 25.5. The molecule has 0 fully saturated rings. The van der Waals surface area contributed by atoms with E-state index in [2.05, 4.69) is 49.4 Å². The Kier molecular flexibility index (Phi) is 7.63. The van der Waals surface area contributed by atoms with Crippen LogP contribution < -0.4 is 5.32 Å². The minimum Gasteiger partial charge on any atom is -0.333 e. The van der Waals surface area contributed by atoms with E-state index in [-0.39, 0.29) is 6.03 Å². The number of pyridine rings is 1. The largest absolute Gasteiger partial charge is 0.333 e. The summed E-state index contributed by atoms with van der Waals surface area (Å²) in [4.78, 5) is 19.7. The number of nitrogens with zero attached hydrogens (tertiary/aromatic N) is 4. The summed E-state index contributed by atoms with van der Waals surface area (Å²) >= 11 is 15.6. The van der Waals surface area contributed by atoms with Crippen LogP contribution in [0.25, 0.3) is 17.0 Å². The zero-order valence-electron chi connectivity index (χ0n) is 19.7. The summed E-state index contributed by atoms with van der Waals surface area (Å²) in [6, 6.07) is 16.9. The SMILES string of the molecule is N#Cc1ccc2c(c1)c1c(n2C(=O)NCc2ccnc(Cl)c2)CCN(C/C=C/c2ccc(Cl)c(Br)c2)C1. The molecule has 6 nitrogen and oxygen atoms in total. The predicted octanol–water partition coefficient (Wildman–Crippen LogP) is 6.81. The molecule has 0 bridgehead atoms. The number of nitriles is 1. The average molecular weight is 595 g/mol. The van der Waals surface area contributed by atoms with Gasteiger partial charge >= 0.3 is 6.03 Å². The lowest BCUT2D eigenvalue weighted by atomic mass is 10.0. The van der Waals surface area contributed by atoms with Crippen LogP contribution in [0.15, 0.2) is 65.3 Å². The van der Waals surface area contributed by atoms with Gasteiger partial charge in [-0.05, 0) is 75.1 Å². The molecule has 1 amide bonds. The molecule has 0 unspecified atom stereocenters. The Balaban J connectivity index is 1.39. The van der Waals surface area contributed by atoms with Crippen molar-refractivity contribution in [2.45, 2.75) is 19.5 Å². The molecule has 0 radical (unpaired) electrons. The molecular formula is C28H22BrCl2N5O.